The summed E-state index contributed by atoms with van der Waals surface area (Å²) in [7, 11) is 0. The first kappa shape index (κ1) is 16.7. The van der Waals surface area contributed by atoms with E-state index in [2.05, 4.69) is 21.7 Å². The zero-order chi connectivity index (χ0) is 17.9. The van der Waals surface area contributed by atoms with Crippen molar-refractivity contribution >= 4 is 40.2 Å². The second-order valence-corrected chi connectivity index (χ2v) is 7.50. The van der Waals surface area contributed by atoms with Crippen molar-refractivity contribution in [3.8, 4) is 0 Å². The number of aromatic nitrogens is 1. The summed E-state index contributed by atoms with van der Waals surface area (Å²) >= 11 is 1.45. The fraction of sp³-hybridized carbons (Fsp3) is 0.200. The molecular formula is C20H19N3O2S. The van der Waals surface area contributed by atoms with E-state index in [-0.39, 0.29) is 18.2 Å². The number of thioether (sulfide) groups is 1. The molecule has 1 aliphatic heterocycles. The summed E-state index contributed by atoms with van der Waals surface area (Å²) in [5.74, 6) is -0.211. The van der Waals surface area contributed by atoms with E-state index in [4.69, 9.17) is 0 Å². The predicted octanol–water partition coefficient (Wildman–Crippen LogP) is 3.33. The molecular weight excluding hydrogens is 346 g/mol. The highest BCUT2D eigenvalue weighted by molar-refractivity contribution is 8.01. The third kappa shape index (κ3) is 3.46. The Labute approximate surface area is 155 Å². The smallest absolute Gasteiger partial charge is 0.238 e. The summed E-state index contributed by atoms with van der Waals surface area (Å²) in [6, 6.07) is 15.8. The molecule has 0 radical (unpaired) electrons. The van der Waals surface area contributed by atoms with E-state index in [0.29, 0.717) is 6.54 Å². The van der Waals surface area contributed by atoms with Gasteiger partial charge in [0.25, 0.3) is 0 Å². The zero-order valence-corrected chi connectivity index (χ0v) is 14.9. The van der Waals surface area contributed by atoms with Crippen LogP contribution in [0.4, 0.5) is 5.69 Å². The SMILES string of the molecule is O=C(C[C@H]1Sc2ccccc2NC1=O)NCCc1c[nH]c2ccccc12. The summed E-state index contributed by atoms with van der Waals surface area (Å²) < 4.78 is 0. The molecule has 2 amide bonds. The maximum Gasteiger partial charge on any atom is 0.238 e. The molecule has 0 spiro atoms. The Morgan fingerprint density at radius 2 is 1.92 bits per heavy atom. The first-order chi connectivity index (χ1) is 12.7. The van der Waals surface area contributed by atoms with Crippen LogP contribution < -0.4 is 10.6 Å². The number of benzene rings is 2. The maximum atomic E-state index is 12.2. The van der Waals surface area contributed by atoms with Gasteiger partial charge in [0.15, 0.2) is 0 Å². The Morgan fingerprint density at radius 1 is 1.12 bits per heavy atom. The van der Waals surface area contributed by atoms with Gasteiger partial charge in [-0.25, -0.2) is 0 Å². The van der Waals surface area contributed by atoms with E-state index in [1.807, 2.05) is 48.7 Å². The van der Waals surface area contributed by atoms with Gasteiger partial charge >= 0.3 is 0 Å². The molecule has 26 heavy (non-hydrogen) atoms. The molecule has 0 saturated heterocycles. The highest BCUT2D eigenvalue weighted by Gasteiger charge is 2.28. The highest BCUT2D eigenvalue weighted by Crippen LogP contribution is 2.36. The zero-order valence-electron chi connectivity index (χ0n) is 14.1. The van der Waals surface area contributed by atoms with Crippen molar-refractivity contribution in [2.75, 3.05) is 11.9 Å². The number of hydrogen-bond acceptors (Lipinski definition) is 3. The number of hydrogen-bond donors (Lipinski definition) is 3. The summed E-state index contributed by atoms with van der Waals surface area (Å²) in [5, 5.41) is 6.59. The summed E-state index contributed by atoms with van der Waals surface area (Å²) in [6.07, 6.45) is 2.92. The van der Waals surface area contributed by atoms with Crippen molar-refractivity contribution in [2.45, 2.75) is 23.0 Å². The monoisotopic (exact) mass is 365 g/mol. The second kappa shape index (κ2) is 7.25. The van der Waals surface area contributed by atoms with E-state index in [1.165, 1.54) is 22.7 Å². The lowest BCUT2D eigenvalue weighted by Gasteiger charge is -2.23. The second-order valence-electron chi connectivity index (χ2n) is 6.26. The van der Waals surface area contributed by atoms with E-state index in [9.17, 15) is 9.59 Å². The highest BCUT2D eigenvalue weighted by atomic mass is 32.2. The lowest BCUT2D eigenvalue weighted by Crippen LogP contribution is -2.35. The van der Waals surface area contributed by atoms with Crippen LogP contribution in [0.25, 0.3) is 10.9 Å². The quantitative estimate of drug-likeness (QED) is 0.649. The maximum absolute atomic E-state index is 12.2. The van der Waals surface area contributed by atoms with Gasteiger partial charge in [-0.3, -0.25) is 9.59 Å². The van der Waals surface area contributed by atoms with Crippen LogP contribution in [0.15, 0.2) is 59.6 Å². The topological polar surface area (TPSA) is 74.0 Å². The minimum Gasteiger partial charge on any atom is -0.361 e. The Balaban J connectivity index is 1.31. The molecule has 0 aliphatic carbocycles. The van der Waals surface area contributed by atoms with Gasteiger partial charge in [-0.15, -0.1) is 11.8 Å². The van der Waals surface area contributed by atoms with Crippen LogP contribution in [-0.4, -0.2) is 28.6 Å². The van der Waals surface area contributed by atoms with Crippen molar-refractivity contribution in [3.05, 3.63) is 60.3 Å². The van der Waals surface area contributed by atoms with Crippen LogP contribution in [0.5, 0.6) is 0 Å². The Hall–Kier alpha value is -2.73. The van der Waals surface area contributed by atoms with E-state index >= 15 is 0 Å². The van der Waals surface area contributed by atoms with Gasteiger partial charge < -0.3 is 15.6 Å². The van der Waals surface area contributed by atoms with Crippen molar-refractivity contribution in [1.29, 1.82) is 0 Å². The van der Waals surface area contributed by atoms with Gasteiger partial charge in [0.2, 0.25) is 11.8 Å². The van der Waals surface area contributed by atoms with Gasteiger partial charge in [0.05, 0.1) is 10.9 Å². The number of para-hydroxylation sites is 2. The Morgan fingerprint density at radius 3 is 2.85 bits per heavy atom. The van der Waals surface area contributed by atoms with E-state index in [0.717, 1.165) is 22.5 Å². The average Bonchev–Trinajstić information content (AvgIpc) is 3.06. The fourth-order valence-electron chi connectivity index (χ4n) is 3.14. The molecule has 0 saturated carbocycles. The normalized spacial score (nSPS) is 16.2. The number of carbonyl (C=O) groups is 2. The van der Waals surface area contributed by atoms with Crippen LogP contribution in [0, 0.1) is 0 Å². The molecule has 4 rings (SSSR count). The minimum atomic E-state index is -0.391. The third-order valence-corrected chi connectivity index (χ3v) is 5.74. The number of aromatic amines is 1. The Bertz CT molecular complexity index is 966. The van der Waals surface area contributed by atoms with E-state index < -0.39 is 5.25 Å². The number of fused-ring (bicyclic) bond motifs is 2. The number of H-pyrrole nitrogens is 1. The molecule has 1 atom stereocenters. The number of nitrogens with one attached hydrogen (secondary N) is 3. The van der Waals surface area contributed by atoms with Gasteiger partial charge in [0, 0.05) is 35.0 Å². The molecule has 2 aromatic carbocycles. The summed E-state index contributed by atoms with van der Waals surface area (Å²) in [5.41, 5.74) is 3.10. The minimum absolute atomic E-state index is 0.100. The molecule has 2 heterocycles. The first-order valence-corrected chi connectivity index (χ1v) is 9.47. The molecule has 0 unspecified atom stereocenters. The largest absolute Gasteiger partial charge is 0.361 e. The molecule has 3 N–H and O–H groups in total. The van der Waals surface area contributed by atoms with Crippen LogP contribution in [0.1, 0.15) is 12.0 Å². The summed E-state index contributed by atoms with van der Waals surface area (Å²) in [4.78, 5) is 28.7. The van der Waals surface area contributed by atoms with Gasteiger partial charge in [-0.05, 0) is 30.2 Å². The van der Waals surface area contributed by atoms with Crippen LogP contribution in [0.3, 0.4) is 0 Å². The number of amides is 2. The lowest BCUT2D eigenvalue weighted by atomic mass is 10.1. The average molecular weight is 365 g/mol. The van der Waals surface area contributed by atoms with Crippen molar-refractivity contribution in [3.63, 3.8) is 0 Å². The Kier molecular flexibility index (Phi) is 4.67. The molecule has 0 fully saturated rings. The standard InChI is InChI=1S/C20H19N3O2S/c24-19(11-18-20(25)23-16-7-3-4-8-17(16)26-18)21-10-9-13-12-22-15-6-2-1-5-14(13)15/h1-8,12,18,22H,9-11H2,(H,21,24)(H,23,25)/t18-/m1/s1. The molecule has 3 aromatic rings. The number of rotatable bonds is 5. The van der Waals surface area contributed by atoms with Gasteiger partial charge in [-0.2, -0.15) is 0 Å². The lowest BCUT2D eigenvalue weighted by molar-refractivity contribution is -0.124. The van der Waals surface area contributed by atoms with Crippen LogP contribution >= 0.6 is 11.8 Å². The molecule has 0 bridgehead atoms. The third-order valence-electron chi connectivity index (χ3n) is 4.47. The number of anilines is 1. The number of carbonyl (C=O) groups excluding carboxylic acids is 2. The van der Waals surface area contributed by atoms with Crippen LogP contribution in [-0.2, 0) is 16.0 Å². The van der Waals surface area contributed by atoms with Gasteiger partial charge in [0.1, 0.15) is 0 Å². The molecule has 132 valence electrons. The summed E-state index contributed by atoms with van der Waals surface area (Å²) in [6.45, 7) is 0.552. The molecule has 1 aromatic heterocycles. The predicted molar refractivity (Wildman–Crippen MR) is 104 cm³/mol. The van der Waals surface area contributed by atoms with Crippen molar-refractivity contribution < 1.29 is 9.59 Å². The molecule has 6 heteroatoms. The van der Waals surface area contributed by atoms with Crippen molar-refractivity contribution in [1.82, 2.24) is 10.3 Å². The first-order valence-electron chi connectivity index (χ1n) is 8.59. The molecule has 5 nitrogen and oxygen atoms in total. The van der Waals surface area contributed by atoms with E-state index in [1.54, 1.807) is 0 Å². The van der Waals surface area contributed by atoms with Crippen molar-refractivity contribution in [2.24, 2.45) is 0 Å². The van der Waals surface area contributed by atoms with Crippen LogP contribution in [0.2, 0.25) is 0 Å². The fourth-order valence-corrected chi connectivity index (χ4v) is 4.25. The molecule has 1 aliphatic rings. The van der Waals surface area contributed by atoms with Gasteiger partial charge in [-0.1, -0.05) is 30.3 Å².